The molecule has 1 rings (SSSR count). The van der Waals surface area contributed by atoms with Gasteiger partial charge in [0.25, 0.3) is 0 Å². The van der Waals surface area contributed by atoms with Gasteiger partial charge in [-0.3, -0.25) is 4.79 Å². The van der Waals surface area contributed by atoms with Crippen LogP contribution in [0.2, 0.25) is 10.0 Å². The molecule has 4 nitrogen and oxygen atoms in total. The van der Waals surface area contributed by atoms with Crippen LogP contribution in [0.25, 0.3) is 0 Å². The second kappa shape index (κ2) is 4.04. The Balaban J connectivity index is 3.22. The fraction of sp³-hybridized carbons (Fsp3) is 0.125. The number of hydrogen-bond donors (Lipinski definition) is 3. The third-order valence-corrected chi connectivity index (χ3v) is 2.30. The monoisotopic (exact) mass is 235 g/mol. The number of nitrogens with two attached hydrogens (primary N) is 1. The summed E-state index contributed by atoms with van der Waals surface area (Å²) in [4.78, 5) is 10.5. The lowest BCUT2D eigenvalue weighted by atomic mass is 10.1. The van der Waals surface area contributed by atoms with Crippen molar-refractivity contribution in [3.05, 3.63) is 27.7 Å². The van der Waals surface area contributed by atoms with Crippen molar-refractivity contribution >= 4 is 29.2 Å². The molecule has 0 aromatic heterocycles. The Labute approximate surface area is 89.9 Å². The molecule has 0 amide bonds. The van der Waals surface area contributed by atoms with Crippen LogP contribution in [0, 0.1) is 0 Å². The van der Waals surface area contributed by atoms with E-state index in [0.29, 0.717) is 0 Å². The fourth-order valence-corrected chi connectivity index (χ4v) is 1.43. The van der Waals surface area contributed by atoms with Crippen molar-refractivity contribution in [3.63, 3.8) is 0 Å². The molecule has 6 heteroatoms. The molecule has 0 heterocycles. The third-order valence-electron chi connectivity index (χ3n) is 1.67. The van der Waals surface area contributed by atoms with E-state index < -0.39 is 12.0 Å². The second-order valence-corrected chi connectivity index (χ2v) is 3.46. The van der Waals surface area contributed by atoms with E-state index in [1.54, 1.807) is 0 Å². The number of aromatic hydroxyl groups is 1. The minimum absolute atomic E-state index is 0.0522. The van der Waals surface area contributed by atoms with Crippen molar-refractivity contribution < 1.29 is 15.0 Å². The average molecular weight is 236 g/mol. The molecule has 0 aliphatic heterocycles. The Kier molecular flexibility index (Phi) is 3.21. The zero-order valence-corrected chi connectivity index (χ0v) is 8.38. The molecule has 0 bridgehead atoms. The minimum Gasteiger partial charge on any atom is -0.506 e. The Bertz CT molecular complexity index is 381. The third kappa shape index (κ3) is 2.09. The summed E-state index contributed by atoms with van der Waals surface area (Å²) >= 11 is 11.2. The summed E-state index contributed by atoms with van der Waals surface area (Å²) in [6.07, 6.45) is 0. The van der Waals surface area contributed by atoms with Crippen LogP contribution in [0.3, 0.4) is 0 Å². The van der Waals surface area contributed by atoms with E-state index in [4.69, 9.17) is 34.0 Å². The average Bonchev–Trinajstić information content (AvgIpc) is 2.10. The van der Waals surface area contributed by atoms with Gasteiger partial charge in [-0.25, -0.2) is 0 Å². The highest BCUT2D eigenvalue weighted by atomic mass is 35.5. The van der Waals surface area contributed by atoms with E-state index in [1.807, 2.05) is 0 Å². The van der Waals surface area contributed by atoms with E-state index >= 15 is 0 Å². The number of hydrogen-bond acceptors (Lipinski definition) is 3. The van der Waals surface area contributed by atoms with Gasteiger partial charge < -0.3 is 15.9 Å². The molecule has 4 N–H and O–H groups in total. The summed E-state index contributed by atoms with van der Waals surface area (Å²) in [6.45, 7) is 0. The molecule has 1 aromatic rings. The number of carbonyl (C=O) groups is 1. The minimum atomic E-state index is -1.27. The predicted octanol–water partition coefficient (Wildman–Crippen LogP) is 1.78. The predicted molar refractivity (Wildman–Crippen MR) is 52.7 cm³/mol. The van der Waals surface area contributed by atoms with Gasteiger partial charge >= 0.3 is 5.97 Å². The smallest absolute Gasteiger partial charge is 0.325 e. The van der Waals surface area contributed by atoms with Crippen molar-refractivity contribution in [2.75, 3.05) is 0 Å². The molecule has 0 spiro atoms. The van der Waals surface area contributed by atoms with Crippen LogP contribution in [-0.2, 0) is 4.79 Å². The number of rotatable bonds is 2. The van der Waals surface area contributed by atoms with Gasteiger partial charge in [0.05, 0.1) is 5.02 Å². The number of halogens is 2. The molecule has 0 fully saturated rings. The molecule has 76 valence electrons. The normalized spacial score (nSPS) is 12.5. The molecular weight excluding hydrogens is 229 g/mol. The highest BCUT2D eigenvalue weighted by Crippen LogP contribution is 2.32. The van der Waals surface area contributed by atoms with Crippen molar-refractivity contribution in [2.24, 2.45) is 5.73 Å². The molecule has 0 unspecified atom stereocenters. The van der Waals surface area contributed by atoms with E-state index in [9.17, 15) is 9.90 Å². The lowest BCUT2D eigenvalue weighted by Gasteiger charge is -2.10. The molecule has 1 aromatic carbocycles. The second-order valence-electron chi connectivity index (χ2n) is 2.64. The Hall–Kier alpha value is -0.970. The van der Waals surface area contributed by atoms with Gasteiger partial charge in [-0.1, -0.05) is 23.2 Å². The summed E-state index contributed by atoms with van der Waals surface area (Å²) in [7, 11) is 0. The molecule has 0 aliphatic rings. The molecule has 0 saturated carbocycles. The molecule has 0 radical (unpaired) electrons. The first-order chi connectivity index (χ1) is 6.43. The van der Waals surface area contributed by atoms with Crippen molar-refractivity contribution in [2.45, 2.75) is 6.04 Å². The molecule has 14 heavy (non-hydrogen) atoms. The molecular formula is C8H7Cl2NO3. The highest BCUT2D eigenvalue weighted by molar-refractivity contribution is 6.36. The SMILES string of the molecule is N[C@H](C(=O)O)c1cc(O)c(Cl)cc1Cl. The maximum atomic E-state index is 10.5. The topological polar surface area (TPSA) is 83.6 Å². The summed E-state index contributed by atoms with van der Waals surface area (Å²) in [5.74, 6) is -1.48. The Morgan fingerprint density at radius 1 is 1.36 bits per heavy atom. The van der Waals surface area contributed by atoms with Gasteiger partial charge in [-0.2, -0.15) is 0 Å². The summed E-state index contributed by atoms with van der Waals surface area (Å²) in [6, 6.07) is 1.12. The summed E-state index contributed by atoms with van der Waals surface area (Å²) in [5, 5.41) is 18.0. The van der Waals surface area contributed by atoms with Crippen LogP contribution in [0.15, 0.2) is 12.1 Å². The maximum Gasteiger partial charge on any atom is 0.325 e. The van der Waals surface area contributed by atoms with Gasteiger partial charge in [0.2, 0.25) is 0 Å². The molecule has 1 atom stereocenters. The van der Waals surface area contributed by atoms with E-state index in [-0.39, 0.29) is 21.4 Å². The first-order valence-corrected chi connectivity index (χ1v) is 4.35. The van der Waals surface area contributed by atoms with Gasteiger partial charge in [0, 0.05) is 10.6 Å². The van der Waals surface area contributed by atoms with Crippen molar-refractivity contribution in [3.8, 4) is 5.75 Å². The van der Waals surface area contributed by atoms with Crippen molar-refractivity contribution in [1.82, 2.24) is 0 Å². The number of carboxylic acids is 1. The first kappa shape index (κ1) is 11.1. The van der Waals surface area contributed by atoms with Crippen LogP contribution in [0.5, 0.6) is 5.75 Å². The van der Waals surface area contributed by atoms with Crippen LogP contribution in [0.1, 0.15) is 11.6 Å². The largest absolute Gasteiger partial charge is 0.506 e. The first-order valence-electron chi connectivity index (χ1n) is 3.59. The Morgan fingerprint density at radius 3 is 2.43 bits per heavy atom. The summed E-state index contributed by atoms with van der Waals surface area (Å²) in [5.41, 5.74) is 5.45. The lowest BCUT2D eigenvalue weighted by Crippen LogP contribution is -2.20. The lowest BCUT2D eigenvalue weighted by molar-refractivity contribution is -0.138. The summed E-state index contributed by atoms with van der Waals surface area (Å²) < 4.78 is 0. The number of phenols is 1. The standard InChI is InChI=1S/C8H7Cl2NO3/c9-4-2-5(10)6(12)1-3(4)7(11)8(13)14/h1-2,7,12H,11H2,(H,13,14)/t7-/m0/s1. The van der Waals surface area contributed by atoms with Gasteiger partial charge in [-0.15, -0.1) is 0 Å². The van der Waals surface area contributed by atoms with Gasteiger partial charge in [-0.05, 0) is 12.1 Å². The quantitative estimate of drug-likeness (QED) is 0.730. The van der Waals surface area contributed by atoms with E-state index in [0.717, 1.165) is 6.07 Å². The molecule has 0 aliphatic carbocycles. The Morgan fingerprint density at radius 2 is 1.93 bits per heavy atom. The maximum absolute atomic E-state index is 10.5. The van der Waals surface area contributed by atoms with Crippen LogP contribution < -0.4 is 5.73 Å². The highest BCUT2D eigenvalue weighted by Gasteiger charge is 2.19. The number of benzene rings is 1. The zero-order chi connectivity index (χ0) is 10.9. The van der Waals surface area contributed by atoms with Crippen LogP contribution in [-0.4, -0.2) is 16.2 Å². The van der Waals surface area contributed by atoms with Gasteiger partial charge in [0.15, 0.2) is 0 Å². The number of aliphatic carboxylic acids is 1. The van der Waals surface area contributed by atoms with Crippen LogP contribution >= 0.6 is 23.2 Å². The number of carboxylic acid groups (broad SMARTS) is 1. The van der Waals surface area contributed by atoms with Crippen LogP contribution in [0.4, 0.5) is 0 Å². The fourth-order valence-electron chi connectivity index (χ4n) is 0.925. The zero-order valence-electron chi connectivity index (χ0n) is 6.87. The van der Waals surface area contributed by atoms with E-state index in [2.05, 4.69) is 0 Å². The molecule has 0 saturated heterocycles. The van der Waals surface area contributed by atoms with E-state index in [1.165, 1.54) is 6.07 Å². The van der Waals surface area contributed by atoms with Crippen molar-refractivity contribution in [1.29, 1.82) is 0 Å². The van der Waals surface area contributed by atoms with Gasteiger partial charge in [0.1, 0.15) is 11.8 Å². The number of phenolic OH excluding ortho intramolecular Hbond substituents is 1.